The summed E-state index contributed by atoms with van der Waals surface area (Å²) < 4.78 is 54.6. The van der Waals surface area contributed by atoms with E-state index in [4.69, 9.17) is 5.11 Å². The number of rotatable bonds is 4. The van der Waals surface area contributed by atoms with Gasteiger partial charge >= 0.3 is 12.1 Å². The molecule has 0 aliphatic carbocycles. The normalized spacial score (nSPS) is 13.4. The highest BCUT2D eigenvalue weighted by molar-refractivity contribution is 5.68. The number of hydrogen-bond donors (Lipinski definition) is 1. The van der Waals surface area contributed by atoms with Crippen LogP contribution in [-0.2, 0) is 9.53 Å². The minimum atomic E-state index is -4.80. The maximum Gasteiger partial charge on any atom is 0.418 e. The van der Waals surface area contributed by atoms with Crippen molar-refractivity contribution in [2.24, 2.45) is 0 Å². The van der Waals surface area contributed by atoms with Crippen LogP contribution in [0.2, 0.25) is 0 Å². The molecule has 0 amide bonds. The first-order valence-corrected chi connectivity index (χ1v) is 4.46. The second kappa shape index (κ2) is 5.13. The molecule has 0 saturated heterocycles. The molecule has 0 aliphatic heterocycles. The summed E-state index contributed by atoms with van der Waals surface area (Å²) >= 11 is 0. The monoisotopic (exact) mass is 252 g/mol. The number of carbonyl (C=O) groups is 1. The molecule has 7 heteroatoms. The summed E-state index contributed by atoms with van der Waals surface area (Å²) in [6, 6.07) is 3.74. The van der Waals surface area contributed by atoms with Gasteiger partial charge in [-0.2, -0.15) is 13.2 Å². The van der Waals surface area contributed by atoms with Gasteiger partial charge in [0, 0.05) is 0 Å². The SMILES string of the molecule is O=C(O)COC(c1cccc(F)c1)C(F)(F)F. The topological polar surface area (TPSA) is 46.5 Å². The molecule has 17 heavy (non-hydrogen) atoms. The van der Waals surface area contributed by atoms with Crippen molar-refractivity contribution in [3.63, 3.8) is 0 Å². The van der Waals surface area contributed by atoms with Crippen molar-refractivity contribution in [2.45, 2.75) is 12.3 Å². The molecule has 0 fully saturated rings. The fraction of sp³-hybridized carbons (Fsp3) is 0.300. The predicted octanol–water partition coefficient (Wildman–Crippen LogP) is 2.53. The van der Waals surface area contributed by atoms with Crippen molar-refractivity contribution >= 4 is 5.97 Å². The minimum absolute atomic E-state index is 0.473. The first-order chi connectivity index (χ1) is 7.80. The Labute approximate surface area is 93.6 Å². The second-order valence-corrected chi connectivity index (χ2v) is 3.18. The molecular weight excluding hydrogens is 244 g/mol. The molecule has 3 nitrogen and oxygen atoms in total. The quantitative estimate of drug-likeness (QED) is 0.837. The number of hydrogen-bond acceptors (Lipinski definition) is 2. The predicted molar refractivity (Wildman–Crippen MR) is 48.8 cm³/mol. The molecule has 0 aromatic heterocycles. The van der Waals surface area contributed by atoms with E-state index in [1.165, 1.54) is 0 Å². The van der Waals surface area contributed by atoms with Gasteiger partial charge in [-0.25, -0.2) is 9.18 Å². The fourth-order valence-corrected chi connectivity index (χ4v) is 1.20. The highest BCUT2D eigenvalue weighted by Gasteiger charge is 2.42. The maximum absolute atomic E-state index is 12.8. The van der Waals surface area contributed by atoms with Crippen molar-refractivity contribution in [2.75, 3.05) is 6.61 Å². The Kier molecular flexibility index (Phi) is 4.06. The highest BCUT2D eigenvalue weighted by Crippen LogP contribution is 2.35. The first kappa shape index (κ1) is 13.4. The molecule has 0 bridgehead atoms. The van der Waals surface area contributed by atoms with E-state index in [0.29, 0.717) is 6.07 Å². The van der Waals surface area contributed by atoms with Crippen LogP contribution < -0.4 is 0 Å². The summed E-state index contributed by atoms with van der Waals surface area (Å²) in [5.41, 5.74) is -0.473. The Morgan fingerprint density at radius 2 is 2.06 bits per heavy atom. The van der Waals surface area contributed by atoms with E-state index in [9.17, 15) is 22.4 Å². The van der Waals surface area contributed by atoms with Gasteiger partial charge in [-0.3, -0.25) is 0 Å². The first-order valence-electron chi connectivity index (χ1n) is 4.46. The van der Waals surface area contributed by atoms with Crippen LogP contribution in [0, 0.1) is 5.82 Å². The van der Waals surface area contributed by atoms with Gasteiger partial charge in [-0.1, -0.05) is 12.1 Å². The summed E-state index contributed by atoms with van der Waals surface area (Å²) in [5.74, 6) is -2.38. The van der Waals surface area contributed by atoms with Crippen LogP contribution in [0.4, 0.5) is 17.6 Å². The Balaban J connectivity index is 2.94. The molecular formula is C10H8F4O3. The van der Waals surface area contributed by atoms with Gasteiger partial charge in [-0.15, -0.1) is 0 Å². The molecule has 1 atom stereocenters. The van der Waals surface area contributed by atoms with E-state index in [-0.39, 0.29) is 0 Å². The molecule has 1 rings (SSSR count). The van der Waals surface area contributed by atoms with Crippen molar-refractivity contribution < 1.29 is 32.2 Å². The number of aliphatic carboxylic acids is 1. The van der Waals surface area contributed by atoms with Crippen molar-refractivity contribution in [1.29, 1.82) is 0 Å². The molecule has 0 heterocycles. The summed E-state index contributed by atoms with van der Waals surface area (Å²) in [4.78, 5) is 10.2. The average Bonchev–Trinajstić information content (AvgIpc) is 2.15. The number of ether oxygens (including phenoxy) is 1. The lowest BCUT2D eigenvalue weighted by atomic mass is 10.1. The van der Waals surface area contributed by atoms with Gasteiger partial charge in [-0.05, 0) is 17.7 Å². The Morgan fingerprint density at radius 3 is 2.53 bits per heavy atom. The van der Waals surface area contributed by atoms with Crippen LogP contribution in [0.15, 0.2) is 24.3 Å². The molecule has 1 N–H and O–H groups in total. The zero-order valence-corrected chi connectivity index (χ0v) is 8.37. The summed E-state index contributed by atoms with van der Waals surface area (Å²) in [6.07, 6.45) is -7.25. The van der Waals surface area contributed by atoms with E-state index in [2.05, 4.69) is 4.74 Å². The van der Waals surface area contributed by atoms with E-state index >= 15 is 0 Å². The number of carboxylic acid groups (broad SMARTS) is 1. The number of benzene rings is 1. The zero-order valence-electron chi connectivity index (χ0n) is 8.37. The molecule has 1 aromatic carbocycles. The molecule has 0 aliphatic rings. The number of carboxylic acids is 1. The molecule has 94 valence electrons. The van der Waals surface area contributed by atoms with Crippen LogP contribution in [0.25, 0.3) is 0 Å². The van der Waals surface area contributed by atoms with Crippen LogP contribution >= 0.6 is 0 Å². The lowest BCUT2D eigenvalue weighted by Gasteiger charge is -2.20. The van der Waals surface area contributed by atoms with Crippen LogP contribution in [0.1, 0.15) is 11.7 Å². The Morgan fingerprint density at radius 1 is 1.41 bits per heavy atom. The van der Waals surface area contributed by atoms with Gasteiger partial charge in [0.25, 0.3) is 0 Å². The molecule has 1 unspecified atom stereocenters. The number of halogens is 4. The molecule has 0 saturated carbocycles. The molecule has 1 aromatic rings. The van der Waals surface area contributed by atoms with Crippen molar-refractivity contribution in [3.05, 3.63) is 35.6 Å². The van der Waals surface area contributed by atoms with Gasteiger partial charge in [0.2, 0.25) is 0 Å². The Bertz CT molecular complexity index is 403. The molecule has 0 radical (unpaired) electrons. The van der Waals surface area contributed by atoms with Crippen LogP contribution in [0.3, 0.4) is 0 Å². The molecule has 0 spiro atoms. The maximum atomic E-state index is 12.8. The third-order valence-electron chi connectivity index (χ3n) is 1.82. The highest BCUT2D eigenvalue weighted by atomic mass is 19.4. The van der Waals surface area contributed by atoms with Crippen molar-refractivity contribution in [3.8, 4) is 0 Å². The van der Waals surface area contributed by atoms with Gasteiger partial charge < -0.3 is 9.84 Å². The lowest BCUT2D eigenvalue weighted by Crippen LogP contribution is -2.26. The Hall–Kier alpha value is -1.63. The largest absolute Gasteiger partial charge is 0.480 e. The lowest BCUT2D eigenvalue weighted by molar-refractivity contribution is -0.225. The average molecular weight is 252 g/mol. The number of alkyl halides is 3. The fourth-order valence-electron chi connectivity index (χ4n) is 1.20. The van der Waals surface area contributed by atoms with Crippen molar-refractivity contribution in [1.82, 2.24) is 0 Å². The van der Waals surface area contributed by atoms with E-state index in [0.717, 1.165) is 18.2 Å². The summed E-state index contributed by atoms with van der Waals surface area (Å²) in [7, 11) is 0. The van der Waals surface area contributed by atoms with E-state index in [1.807, 2.05) is 0 Å². The smallest absolute Gasteiger partial charge is 0.418 e. The van der Waals surface area contributed by atoms with Crippen LogP contribution in [-0.4, -0.2) is 23.9 Å². The zero-order chi connectivity index (χ0) is 13.1. The van der Waals surface area contributed by atoms with E-state index < -0.39 is 36.2 Å². The minimum Gasteiger partial charge on any atom is -0.480 e. The summed E-state index contributed by atoms with van der Waals surface area (Å²) in [6.45, 7) is -1.11. The standard InChI is InChI=1S/C10H8F4O3/c11-7-3-1-2-6(4-7)9(10(12,13)14)17-5-8(15)16/h1-4,9H,5H2,(H,15,16). The van der Waals surface area contributed by atoms with Gasteiger partial charge in [0.1, 0.15) is 12.4 Å². The van der Waals surface area contributed by atoms with Crippen LogP contribution in [0.5, 0.6) is 0 Å². The second-order valence-electron chi connectivity index (χ2n) is 3.18. The van der Waals surface area contributed by atoms with Gasteiger partial charge in [0.15, 0.2) is 6.10 Å². The third-order valence-corrected chi connectivity index (χ3v) is 1.82. The third kappa shape index (κ3) is 4.03. The summed E-state index contributed by atoms with van der Waals surface area (Å²) in [5, 5.41) is 8.26. The van der Waals surface area contributed by atoms with E-state index in [1.54, 1.807) is 0 Å². The van der Waals surface area contributed by atoms with Gasteiger partial charge in [0.05, 0.1) is 0 Å².